The van der Waals surface area contributed by atoms with Crippen molar-refractivity contribution in [1.29, 1.82) is 0 Å². The van der Waals surface area contributed by atoms with Crippen molar-refractivity contribution in [2.45, 2.75) is 17.7 Å². The van der Waals surface area contributed by atoms with E-state index < -0.39 is 0 Å². The van der Waals surface area contributed by atoms with Gasteiger partial charge in [0.2, 0.25) is 0 Å². The van der Waals surface area contributed by atoms with Crippen molar-refractivity contribution in [3.63, 3.8) is 0 Å². The Morgan fingerprint density at radius 1 is 1.15 bits per heavy atom. The van der Waals surface area contributed by atoms with E-state index in [9.17, 15) is 0 Å². The maximum Gasteiger partial charge on any atom is 0.00783 e. The van der Waals surface area contributed by atoms with Gasteiger partial charge in [-0.15, -0.1) is 12.6 Å². The predicted molar refractivity (Wildman–Crippen MR) is 60.2 cm³/mol. The van der Waals surface area contributed by atoms with Crippen molar-refractivity contribution in [3.8, 4) is 0 Å². The Kier molecular flexibility index (Phi) is 2.04. The molecule has 2 rings (SSSR count). The van der Waals surface area contributed by atoms with E-state index in [0.29, 0.717) is 0 Å². The molecular weight excluding hydrogens is 176 g/mol. The van der Waals surface area contributed by atoms with Gasteiger partial charge in [-0.2, -0.15) is 0 Å². The van der Waals surface area contributed by atoms with Crippen molar-refractivity contribution in [3.05, 3.63) is 48.1 Å². The molecule has 1 aliphatic carbocycles. The molecule has 0 bridgehead atoms. The minimum absolute atomic E-state index is 1.02. The van der Waals surface area contributed by atoms with Gasteiger partial charge < -0.3 is 0 Å². The molecule has 0 amide bonds. The highest BCUT2D eigenvalue weighted by Crippen LogP contribution is 2.35. The summed E-state index contributed by atoms with van der Waals surface area (Å²) in [5, 5.41) is 0. The highest BCUT2D eigenvalue weighted by molar-refractivity contribution is 7.80. The predicted octanol–water partition coefficient (Wildman–Crippen LogP) is 3.49. The van der Waals surface area contributed by atoms with Crippen LogP contribution in [0.5, 0.6) is 0 Å². The molecule has 66 valence electrons. The molecule has 13 heavy (non-hydrogen) atoms. The standard InChI is InChI=1S/C12H12S/c1-8-6-7-11-10(9(8)2)4-3-5-12(11)13/h3-5,13H,1-2,6-7H2. The lowest BCUT2D eigenvalue weighted by molar-refractivity contribution is 0.918. The fourth-order valence-corrected chi connectivity index (χ4v) is 2.06. The Hall–Kier alpha value is -0.950. The van der Waals surface area contributed by atoms with E-state index in [4.69, 9.17) is 0 Å². The largest absolute Gasteiger partial charge is 0.143 e. The number of hydrogen-bond donors (Lipinski definition) is 1. The average molecular weight is 188 g/mol. The van der Waals surface area contributed by atoms with Gasteiger partial charge in [0, 0.05) is 4.90 Å². The summed E-state index contributed by atoms with van der Waals surface area (Å²) in [7, 11) is 0. The maximum atomic E-state index is 4.43. The zero-order valence-corrected chi connectivity index (χ0v) is 8.40. The lowest BCUT2D eigenvalue weighted by Crippen LogP contribution is -2.03. The molecule has 0 radical (unpaired) electrons. The third-order valence-corrected chi connectivity index (χ3v) is 3.00. The van der Waals surface area contributed by atoms with Gasteiger partial charge in [0.1, 0.15) is 0 Å². The summed E-state index contributed by atoms with van der Waals surface area (Å²) in [5.41, 5.74) is 4.79. The molecule has 0 spiro atoms. The van der Waals surface area contributed by atoms with Crippen LogP contribution < -0.4 is 0 Å². The minimum atomic E-state index is 1.02. The lowest BCUT2D eigenvalue weighted by Gasteiger charge is -2.21. The van der Waals surface area contributed by atoms with Crippen LogP contribution in [-0.2, 0) is 6.42 Å². The molecular formula is C12H12S. The first-order chi connectivity index (χ1) is 6.20. The van der Waals surface area contributed by atoms with Gasteiger partial charge in [-0.25, -0.2) is 0 Å². The molecule has 0 unspecified atom stereocenters. The number of fused-ring (bicyclic) bond motifs is 1. The summed E-state index contributed by atoms with van der Waals surface area (Å²) in [4.78, 5) is 1.08. The van der Waals surface area contributed by atoms with Gasteiger partial charge in [-0.1, -0.05) is 25.3 Å². The zero-order valence-electron chi connectivity index (χ0n) is 7.51. The molecule has 0 fully saturated rings. The maximum absolute atomic E-state index is 4.43. The molecule has 0 saturated carbocycles. The van der Waals surface area contributed by atoms with E-state index in [-0.39, 0.29) is 0 Å². The lowest BCUT2D eigenvalue weighted by atomic mass is 9.85. The smallest absolute Gasteiger partial charge is 0.00783 e. The van der Waals surface area contributed by atoms with Crippen LogP contribution in [0.25, 0.3) is 5.57 Å². The van der Waals surface area contributed by atoms with Gasteiger partial charge >= 0.3 is 0 Å². The molecule has 1 aliphatic rings. The van der Waals surface area contributed by atoms with Crippen molar-refractivity contribution in [2.24, 2.45) is 0 Å². The van der Waals surface area contributed by atoms with E-state index in [1.165, 1.54) is 11.1 Å². The number of rotatable bonds is 0. The second-order valence-electron chi connectivity index (χ2n) is 3.39. The Labute approximate surface area is 84.4 Å². The quantitative estimate of drug-likeness (QED) is 0.592. The highest BCUT2D eigenvalue weighted by Gasteiger charge is 2.16. The normalized spacial score (nSPS) is 15.8. The topological polar surface area (TPSA) is 0 Å². The van der Waals surface area contributed by atoms with Crippen molar-refractivity contribution >= 4 is 18.2 Å². The second-order valence-corrected chi connectivity index (χ2v) is 3.87. The van der Waals surface area contributed by atoms with Crippen molar-refractivity contribution < 1.29 is 0 Å². The van der Waals surface area contributed by atoms with Crippen molar-refractivity contribution in [2.75, 3.05) is 0 Å². The molecule has 0 aromatic heterocycles. The van der Waals surface area contributed by atoms with Crippen LogP contribution in [0.2, 0.25) is 0 Å². The number of allylic oxidation sites excluding steroid dienone is 2. The number of hydrogen-bond acceptors (Lipinski definition) is 1. The molecule has 1 aromatic rings. The summed E-state index contributed by atoms with van der Waals surface area (Å²) in [6.07, 6.45) is 2.07. The van der Waals surface area contributed by atoms with Crippen LogP contribution in [0.1, 0.15) is 17.5 Å². The summed E-state index contributed by atoms with van der Waals surface area (Å²) < 4.78 is 0. The minimum Gasteiger partial charge on any atom is -0.143 e. The van der Waals surface area contributed by atoms with E-state index >= 15 is 0 Å². The summed E-state index contributed by atoms with van der Waals surface area (Å²) in [5.74, 6) is 0. The fraction of sp³-hybridized carbons (Fsp3) is 0.167. The zero-order chi connectivity index (χ0) is 9.42. The third-order valence-electron chi connectivity index (χ3n) is 2.58. The van der Waals surface area contributed by atoms with Crippen LogP contribution in [-0.4, -0.2) is 0 Å². The van der Waals surface area contributed by atoms with E-state index in [1.807, 2.05) is 12.1 Å². The Balaban J connectivity index is 2.62. The van der Waals surface area contributed by atoms with Crippen LogP contribution in [0.3, 0.4) is 0 Å². The van der Waals surface area contributed by atoms with Crippen LogP contribution in [0.4, 0.5) is 0 Å². The van der Waals surface area contributed by atoms with Gasteiger partial charge in [-0.05, 0) is 41.2 Å². The first kappa shape index (κ1) is 8.64. The Morgan fingerprint density at radius 3 is 2.69 bits per heavy atom. The van der Waals surface area contributed by atoms with Gasteiger partial charge in [0.25, 0.3) is 0 Å². The van der Waals surface area contributed by atoms with Crippen LogP contribution >= 0.6 is 12.6 Å². The van der Waals surface area contributed by atoms with E-state index in [0.717, 1.165) is 28.9 Å². The summed E-state index contributed by atoms with van der Waals surface area (Å²) in [6, 6.07) is 6.15. The second kappa shape index (κ2) is 3.08. The van der Waals surface area contributed by atoms with Gasteiger partial charge in [-0.3, -0.25) is 0 Å². The van der Waals surface area contributed by atoms with Gasteiger partial charge in [0.15, 0.2) is 0 Å². The highest BCUT2D eigenvalue weighted by atomic mass is 32.1. The first-order valence-corrected chi connectivity index (χ1v) is 4.83. The number of benzene rings is 1. The Bertz CT molecular complexity index is 388. The van der Waals surface area contributed by atoms with Crippen LogP contribution in [0, 0.1) is 0 Å². The average Bonchev–Trinajstić information content (AvgIpc) is 2.12. The summed E-state index contributed by atoms with van der Waals surface area (Å²) >= 11 is 4.43. The molecule has 1 aromatic carbocycles. The molecule has 0 saturated heterocycles. The molecule has 0 N–H and O–H groups in total. The number of thiol groups is 1. The first-order valence-electron chi connectivity index (χ1n) is 4.38. The monoisotopic (exact) mass is 188 g/mol. The van der Waals surface area contributed by atoms with E-state index in [1.54, 1.807) is 0 Å². The molecule has 0 heterocycles. The molecule has 0 atom stereocenters. The summed E-state index contributed by atoms with van der Waals surface area (Å²) in [6.45, 7) is 8.04. The molecule has 0 aliphatic heterocycles. The molecule has 0 nitrogen and oxygen atoms in total. The van der Waals surface area contributed by atoms with E-state index in [2.05, 4.69) is 31.9 Å². The SMILES string of the molecule is C=C1CCc2c(S)cccc2C1=C. The third kappa shape index (κ3) is 1.33. The van der Waals surface area contributed by atoms with Crippen molar-refractivity contribution in [1.82, 2.24) is 0 Å². The molecule has 1 heteroatoms. The Morgan fingerprint density at radius 2 is 1.92 bits per heavy atom. The fourth-order valence-electron chi connectivity index (χ4n) is 1.74. The van der Waals surface area contributed by atoms with Gasteiger partial charge in [0.05, 0.1) is 0 Å². The van der Waals surface area contributed by atoms with Crippen LogP contribution in [0.15, 0.2) is 41.8 Å².